The number of aromatic nitrogens is 2. The van der Waals surface area contributed by atoms with Gasteiger partial charge in [0, 0.05) is 17.5 Å². The number of hydrogen-bond acceptors (Lipinski definition) is 3. The molecule has 2 aromatic rings. The standard InChI is InChI=1S/C16H20ClN3/c1-11-13(17)19-15(16(2,3)4)20-14(11)18-10-12-8-6-5-7-9-12/h5-9H,10H2,1-4H3,(H,18,19,20). The zero-order chi connectivity index (χ0) is 14.8. The SMILES string of the molecule is Cc1c(Cl)nc(C(C)(C)C)nc1NCc1ccccc1. The Morgan fingerprint density at radius 3 is 2.35 bits per heavy atom. The molecule has 0 radical (unpaired) electrons. The van der Waals surface area contributed by atoms with Crippen LogP contribution in [0.4, 0.5) is 5.82 Å². The Morgan fingerprint density at radius 2 is 1.75 bits per heavy atom. The summed E-state index contributed by atoms with van der Waals surface area (Å²) in [6, 6.07) is 10.2. The van der Waals surface area contributed by atoms with Gasteiger partial charge in [0.1, 0.15) is 16.8 Å². The molecule has 106 valence electrons. The number of benzene rings is 1. The quantitative estimate of drug-likeness (QED) is 0.854. The first-order chi connectivity index (χ1) is 9.38. The molecule has 1 aromatic heterocycles. The summed E-state index contributed by atoms with van der Waals surface area (Å²) in [5.74, 6) is 1.56. The second kappa shape index (κ2) is 5.80. The van der Waals surface area contributed by atoms with Crippen LogP contribution in [-0.2, 0) is 12.0 Å². The van der Waals surface area contributed by atoms with Gasteiger partial charge in [-0.3, -0.25) is 0 Å². The Hall–Kier alpha value is -1.61. The van der Waals surface area contributed by atoms with Crippen molar-refractivity contribution < 1.29 is 0 Å². The molecule has 0 atom stereocenters. The van der Waals surface area contributed by atoms with Gasteiger partial charge in [0.05, 0.1) is 0 Å². The van der Waals surface area contributed by atoms with Crippen molar-refractivity contribution in [3.8, 4) is 0 Å². The first kappa shape index (κ1) is 14.8. The number of hydrogen-bond donors (Lipinski definition) is 1. The Kier molecular flexibility index (Phi) is 4.29. The Morgan fingerprint density at radius 1 is 1.10 bits per heavy atom. The van der Waals surface area contributed by atoms with E-state index in [2.05, 4.69) is 48.2 Å². The van der Waals surface area contributed by atoms with E-state index in [0.29, 0.717) is 5.15 Å². The van der Waals surface area contributed by atoms with E-state index in [4.69, 9.17) is 11.6 Å². The molecule has 1 heterocycles. The number of rotatable bonds is 3. The van der Waals surface area contributed by atoms with Gasteiger partial charge >= 0.3 is 0 Å². The third kappa shape index (κ3) is 3.48. The van der Waals surface area contributed by atoms with Crippen molar-refractivity contribution in [1.29, 1.82) is 0 Å². The number of halogens is 1. The monoisotopic (exact) mass is 289 g/mol. The average molecular weight is 290 g/mol. The lowest BCUT2D eigenvalue weighted by atomic mass is 9.95. The van der Waals surface area contributed by atoms with Crippen molar-refractivity contribution in [3.63, 3.8) is 0 Å². The molecule has 1 N–H and O–H groups in total. The van der Waals surface area contributed by atoms with Gasteiger partial charge in [-0.25, -0.2) is 9.97 Å². The van der Waals surface area contributed by atoms with Crippen LogP contribution in [0, 0.1) is 6.92 Å². The van der Waals surface area contributed by atoms with E-state index >= 15 is 0 Å². The van der Waals surface area contributed by atoms with Gasteiger partial charge in [-0.05, 0) is 12.5 Å². The van der Waals surface area contributed by atoms with Crippen molar-refractivity contribution >= 4 is 17.4 Å². The Bertz CT molecular complexity index is 589. The van der Waals surface area contributed by atoms with Crippen LogP contribution in [0.3, 0.4) is 0 Å². The number of anilines is 1. The van der Waals surface area contributed by atoms with Gasteiger partial charge in [0.25, 0.3) is 0 Å². The molecule has 0 aliphatic carbocycles. The van der Waals surface area contributed by atoms with E-state index in [9.17, 15) is 0 Å². The molecule has 2 rings (SSSR count). The minimum atomic E-state index is -0.124. The zero-order valence-electron chi connectivity index (χ0n) is 12.4. The molecular weight excluding hydrogens is 270 g/mol. The van der Waals surface area contributed by atoms with Crippen LogP contribution in [0.15, 0.2) is 30.3 Å². The highest BCUT2D eigenvalue weighted by Gasteiger charge is 2.20. The predicted octanol–water partition coefficient (Wildman–Crippen LogP) is 4.35. The summed E-state index contributed by atoms with van der Waals surface area (Å²) in [5.41, 5.74) is 1.97. The van der Waals surface area contributed by atoms with Crippen molar-refractivity contribution in [3.05, 3.63) is 52.4 Å². The fourth-order valence-corrected chi connectivity index (χ4v) is 1.95. The smallest absolute Gasteiger partial charge is 0.137 e. The minimum absolute atomic E-state index is 0.124. The molecule has 0 saturated heterocycles. The molecule has 1 aromatic carbocycles. The molecule has 0 saturated carbocycles. The molecule has 0 unspecified atom stereocenters. The fraction of sp³-hybridized carbons (Fsp3) is 0.375. The average Bonchev–Trinajstić information content (AvgIpc) is 2.40. The molecule has 0 bridgehead atoms. The maximum Gasteiger partial charge on any atom is 0.137 e. The van der Waals surface area contributed by atoms with Crippen molar-refractivity contribution in [2.24, 2.45) is 0 Å². The minimum Gasteiger partial charge on any atom is -0.366 e. The van der Waals surface area contributed by atoms with E-state index in [1.807, 2.05) is 25.1 Å². The van der Waals surface area contributed by atoms with Crippen molar-refractivity contribution in [1.82, 2.24) is 9.97 Å². The van der Waals surface area contributed by atoms with Crippen LogP contribution in [0.25, 0.3) is 0 Å². The normalized spacial score (nSPS) is 11.4. The molecule has 0 amide bonds. The van der Waals surface area contributed by atoms with E-state index in [1.54, 1.807) is 0 Å². The summed E-state index contributed by atoms with van der Waals surface area (Å²) in [4.78, 5) is 8.99. The molecule has 0 aliphatic heterocycles. The molecule has 0 spiro atoms. The van der Waals surface area contributed by atoms with Crippen LogP contribution < -0.4 is 5.32 Å². The number of nitrogens with zero attached hydrogens (tertiary/aromatic N) is 2. The highest BCUT2D eigenvalue weighted by atomic mass is 35.5. The van der Waals surface area contributed by atoms with E-state index in [0.717, 1.165) is 23.8 Å². The summed E-state index contributed by atoms with van der Waals surface area (Å²) in [7, 11) is 0. The lowest BCUT2D eigenvalue weighted by Crippen LogP contribution is -2.18. The zero-order valence-corrected chi connectivity index (χ0v) is 13.1. The summed E-state index contributed by atoms with van der Waals surface area (Å²) >= 11 is 6.22. The highest BCUT2D eigenvalue weighted by Crippen LogP contribution is 2.26. The molecule has 0 fully saturated rings. The summed E-state index contributed by atoms with van der Waals surface area (Å²) in [5, 5.41) is 3.86. The molecule has 4 heteroatoms. The molecule has 0 aliphatic rings. The van der Waals surface area contributed by atoms with Gasteiger partial charge in [0.2, 0.25) is 0 Å². The third-order valence-electron chi connectivity index (χ3n) is 3.06. The van der Waals surface area contributed by atoms with Crippen LogP contribution in [0.1, 0.15) is 37.7 Å². The van der Waals surface area contributed by atoms with E-state index in [-0.39, 0.29) is 5.41 Å². The van der Waals surface area contributed by atoms with Gasteiger partial charge < -0.3 is 5.32 Å². The van der Waals surface area contributed by atoms with E-state index in [1.165, 1.54) is 5.56 Å². The lowest BCUT2D eigenvalue weighted by Gasteiger charge is -2.19. The van der Waals surface area contributed by atoms with Gasteiger partial charge in [-0.1, -0.05) is 62.7 Å². The van der Waals surface area contributed by atoms with Crippen molar-refractivity contribution in [2.75, 3.05) is 5.32 Å². The van der Waals surface area contributed by atoms with E-state index < -0.39 is 0 Å². The Balaban J connectivity index is 2.25. The van der Waals surface area contributed by atoms with Gasteiger partial charge in [0.15, 0.2) is 0 Å². The molecule has 20 heavy (non-hydrogen) atoms. The third-order valence-corrected chi connectivity index (χ3v) is 3.43. The first-order valence-corrected chi connectivity index (χ1v) is 7.08. The van der Waals surface area contributed by atoms with Crippen LogP contribution in [0.2, 0.25) is 5.15 Å². The maximum atomic E-state index is 6.22. The topological polar surface area (TPSA) is 37.8 Å². The predicted molar refractivity (Wildman–Crippen MR) is 84.2 cm³/mol. The lowest BCUT2D eigenvalue weighted by molar-refractivity contribution is 0.545. The number of nitrogens with one attached hydrogen (secondary N) is 1. The summed E-state index contributed by atoms with van der Waals surface area (Å²) < 4.78 is 0. The molecule has 3 nitrogen and oxygen atoms in total. The summed E-state index contributed by atoms with van der Waals surface area (Å²) in [6.07, 6.45) is 0. The van der Waals surface area contributed by atoms with Crippen molar-refractivity contribution in [2.45, 2.75) is 39.7 Å². The first-order valence-electron chi connectivity index (χ1n) is 6.70. The second-order valence-corrected chi connectivity index (χ2v) is 6.26. The van der Waals surface area contributed by atoms with Crippen LogP contribution in [0.5, 0.6) is 0 Å². The Labute approximate surface area is 125 Å². The maximum absolute atomic E-state index is 6.22. The van der Waals surface area contributed by atoms with Crippen LogP contribution in [-0.4, -0.2) is 9.97 Å². The summed E-state index contributed by atoms with van der Waals surface area (Å²) in [6.45, 7) is 8.89. The van der Waals surface area contributed by atoms with Crippen LogP contribution >= 0.6 is 11.6 Å². The highest BCUT2D eigenvalue weighted by molar-refractivity contribution is 6.30. The van der Waals surface area contributed by atoms with Gasteiger partial charge in [-0.15, -0.1) is 0 Å². The van der Waals surface area contributed by atoms with Gasteiger partial charge in [-0.2, -0.15) is 0 Å². The molecular formula is C16H20ClN3. The second-order valence-electron chi connectivity index (χ2n) is 5.90. The largest absolute Gasteiger partial charge is 0.366 e. The fourth-order valence-electron chi connectivity index (χ4n) is 1.78.